The molecule has 1 N–H and O–H groups in total. The lowest BCUT2D eigenvalue weighted by molar-refractivity contribution is 0.138. The largest absolute Gasteiger partial charge is 0.383 e. The molecule has 0 bridgehead atoms. The zero-order valence-corrected chi connectivity index (χ0v) is 12.1. The molecule has 0 spiro atoms. The summed E-state index contributed by atoms with van der Waals surface area (Å²) in [5.41, 5.74) is 1.87. The Hall–Kier alpha value is -1.41. The summed E-state index contributed by atoms with van der Waals surface area (Å²) < 4.78 is 5.20. The predicted octanol–water partition coefficient (Wildman–Crippen LogP) is 1.76. The fraction of sp³-hybridized carbons (Fsp3) is 0.562. The summed E-state index contributed by atoms with van der Waals surface area (Å²) in [7, 11) is 1.73. The van der Waals surface area contributed by atoms with Crippen LogP contribution >= 0.6 is 0 Å². The van der Waals surface area contributed by atoms with Crippen molar-refractivity contribution in [3.8, 4) is 6.07 Å². The molecule has 0 radical (unpaired) electrons. The third kappa shape index (κ3) is 4.31. The molecule has 2 rings (SSSR count). The summed E-state index contributed by atoms with van der Waals surface area (Å²) in [4.78, 5) is 2.38. The Bertz CT molecular complexity index is 449. The highest BCUT2D eigenvalue weighted by Gasteiger charge is 2.18. The molecule has 0 saturated carbocycles. The second-order valence-corrected chi connectivity index (χ2v) is 5.29. The number of hydrogen-bond acceptors (Lipinski definition) is 4. The first-order valence-electron chi connectivity index (χ1n) is 7.26. The highest BCUT2D eigenvalue weighted by atomic mass is 16.5. The highest BCUT2D eigenvalue weighted by molar-refractivity contribution is 5.37. The molecule has 1 aromatic rings. The Morgan fingerprint density at radius 3 is 3.00 bits per heavy atom. The predicted molar refractivity (Wildman–Crippen MR) is 79.3 cm³/mol. The van der Waals surface area contributed by atoms with Crippen molar-refractivity contribution >= 4 is 0 Å². The van der Waals surface area contributed by atoms with Crippen LogP contribution in [0.1, 0.15) is 24.0 Å². The molecule has 1 aromatic carbocycles. The van der Waals surface area contributed by atoms with Crippen LogP contribution in [0, 0.1) is 11.3 Å². The van der Waals surface area contributed by atoms with Crippen LogP contribution in [0.5, 0.6) is 0 Å². The number of nitrogens with one attached hydrogen (secondary N) is 1. The van der Waals surface area contributed by atoms with Gasteiger partial charge in [0, 0.05) is 32.8 Å². The van der Waals surface area contributed by atoms with E-state index in [1.807, 2.05) is 24.3 Å². The van der Waals surface area contributed by atoms with E-state index in [2.05, 4.69) is 16.3 Å². The lowest BCUT2D eigenvalue weighted by Gasteiger charge is -2.25. The van der Waals surface area contributed by atoms with Crippen molar-refractivity contribution in [3.05, 3.63) is 35.4 Å². The molecular weight excluding hydrogens is 250 g/mol. The first-order valence-corrected chi connectivity index (χ1v) is 7.26. The second-order valence-electron chi connectivity index (χ2n) is 5.29. The van der Waals surface area contributed by atoms with Gasteiger partial charge in [0.25, 0.3) is 0 Å². The molecule has 1 saturated heterocycles. The van der Waals surface area contributed by atoms with Gasteiger partial charge in [-0.05, 0) is 31.0 Å². The van der Waals surface area contributed by atoms with Crippen molar-refractivity contribution in [1.82, 2.24) is 10.2 Å². The Kier molecular flexibility index (Phi) is 6.00. The van der Waals surface area contributed by atoms with Gasteiger partial charge in [-0.15, -0.1) is 0 Å². The van der Waals surface area contributed by atoms with E-state index in [0.717, 1.165) is 43.9 Å². The Morgan fingerprint density at radius 2 is 2.30 bits per heavy atom. The van der Waals surface area contributed by atoms with E-state index in [-0.39, 0.29) is 0 Å². The van der Waals surface area contributed by atoms with Crippen molar-refractivity contribution in [1.29, 1.82) is 5.26 Å². The molecule has 4 nitrogen and oxygen atoms in total. The fourth-order valence-electron chi connectivity index (χ4n) is 2.69. The van der Waals surface area contributed by atoms with Crippen LogP contribution in [0.2, 0.25) is 0 Å². The minimum Gasteiger partial charge on any atom is -0.383 e. The summed E-state index contributed by atoms with van der Waals surface area (Å²) in [5, 5.41) is 12.7. The van der Waals surface area contributed by atoms with Gasteiger partial charge < -0.3 is 10.1 Å². The number of rotatable bonds is 7. The van der Waals surface area contributed by atoms with Gasteiger partial charge in [-0.2, -0.15) is 5.26 Å². The van der Waals surface area contributed by atoms with Gasteiger partial charge in [0.2, 0.25) is 0 Å². The first-order chi connectivity index (χ1) is 9.83. The maximum atomic E-state index is 9.19. The summed E-state index contributed by atoms with van der Waals surface area (Å²) in [6.07, 6.45) is 2.50. The van der Waals surface area contributed by atoms with Gasteiger partial charge in [-0.3, -0.25) is 4.90 Å². The van der Waals surface area contributed by atoms with Gasteiger partial charge >= 0.3 is 0 Å². The van der Waals surface area contributed by atoms with E-state index >= 15 is 0 Å². The maximum absolute atomic E-state index is 9.19. The van der Waals surface area contributed by atoms with E-state index in [4.69, 9.17) is 4.74 Å². The molecule has 1 atom stereocenters. The lowest BCUT2D eigenvalue weighted by Crippen LogP contribution is -2.38. The van der Waals surface area contributed by atoms with E-state index in [1.165, 1.54) is 12.8 Å². The summed E-state index contributed by atoms with van der Waals surface area (Å²) in [5.74, 6) is 0. The Labute approximate surface area is 121 Å². The molecule has 0 aromatic heterocycles. The van der Waals surface area contributed by atoms with Crippen LogP contribution in [-0.4, -0.2) is 44.3 Å². The van der Waals surface area contributed by atoms with E-state index in [1.54, 1.807) is 7.11 Å². The van der Waals surface area contributed by atoms with E-state index in [9.17, 15) is 5.26 Å². The number of ether oxygens (including phenoxy) is 1. The zero-order chi connectivity index (χ0) is 14.2. The monoisotopic (exact) mass is 273 g/mol. The number of hydrogen-bond donors (Lipinski definition) is 1. The second kappa shape index (κ2) is 8.01. The average molecular weight is 273 g/mol. The van der Waals surface area contributed by atoms with Crippen LogP contribution in [0.15, 0.2) is 24.3 Å². The topological polar surface area (TPSA) is 48.3 Å². The highest BCUT2D eigenvalue weighted by Crippen LogP contribution is 2.13. The maximum Gasteiger partial charge on any atom is 0.0995 e. The molecule has 1 unspecified atom stereocenters. The lowest BCUT2D eigenvalue weighted by atomic mass is 10.1. The molecule has 20 heavy (non-hydrogen) atoms. The molecule has 1 heterocycles. The zero-order valence-electron chi connectivity index (χ0n) is 12.1. The molecule has 0 amide bonds. The number of nitriles is 1. The standard InChI is InChI=1S/C16H23N3O/c1-20-10-9-19(13-16-7-4-8-18-16)12-15-6-3-2-5-14(15)11-17/h2-3,5-6,16,18H,4,7-10,12-13H2,1H3. The summed E-state index contributed by atoms with van der Waals surface area (Å²) >= 11 is 0. The third-order valence-corrected chi connectivity index (χ3v) is 3.78. The van der Waals surface area contributed by atoms with Gasteiger partial charge in [-0.1, -0.05) is 18.2 Å². The van der Waals surface area contributed by atoms with E-state index < -0.39 is 0 Å². The average Bonchev–Trinajstić information content (AvgIpc) is 2.98. The molecule has 1 fully saturated rings. The van der Waals surface area contributed by atoms with Crippen LogP contribution in [0.3, 0.4) is 0 Å². The van der Waals surface area contributed by atoms with Crippen LogP contribution < -0.4 is 5.32 Å². The molecule has 4 heteroatoms. The van der Waals surface area contributed by atoms with Crippen molar-refractivity contribution in [2.45, 2.75) is 25.4 Å². The minimum atomic E-state index is 0.570. The Morgan fingerprint density at radius 1 is 1.45 bits per heavy atom. The first kappa shape index (κ1) is 15.0. The van der Waals surface area contributed by atoms with Gasteiger partial charge in [-0.25, -0.2) is 0 Å². The van der Waals surface area contributed by atoms with Crippen LogP contribution in [0.25, 0.3) is 0 Å². The van der Waals surface area contributed by atoms with Crippen molar-refractivity contribution in [2.24, 2.45) is 0 Å². The van der Waals surface area contributed by atoms with E-state index in [0.29, 0.717) is 6.04 Å². The summed E-state index contributed by atoms with van der Waals surface area (Å²) in [6.45, 7) is 4.57. The SMILES string of the molecule is COCCN(Cc1ccccc1C#N)CC1CCCN1. The van der Waals surface area contributed by atoms with Crippen LogP contribution in [0.4, 0.5) is 0 Å². The minimum absolute atomic E-state index is 0.570. The quantitative estimate of drug-likeness (QED) is 0.822. The number of methoxy groups -OCH3 is 1. The van der Waals surface area contributed by atoms with Crippen LogP contribution in [-0.2, 0) is 11.3 Å². The molecule has 0 aliphatic carbocycles. The molecule has 1 aliphatic rings. The third-order valence-electron chi connectivity index (χ3n) is 3.78. The number of benzene rings is 1. The van der Waals surface area contributed by atoms with Crippen molar-refractivity contribution < 1.29 is 4.74 Å². The van der Waals surface area contributed by atoms with Gasteiger partial charge in [0.15, 0.2) is 0 Å². The van der Waals surface area contributed by atoms with Crippen molar-refractivity contribution in [3.63, 3.8) is 0 Å². The molecule has 108 valence electrons. The summed E-state index contributed by atoms with van der Waals surface area (Å²) in [6, 6.07) is 10.7. The van der Waals surface area contributed by atoms with Gasteiger partial charge in [0.05, 0.1) is 18.2 Å². The smallest absolute Gasteiger partial charge is 0.0995 e. The molecule has 1 aliphatic heterocycles. The number of nitrogens with zero attached hydrogens (tertiary/aromatic N) is 2. The molecular formula is C16H23N3O. The normalized spacial score (nSPS) is 18.4. The van der Waals surface area contributed by atoms with Gasteiger partial charge in [0.1, 0.15) is 0 Å². The fourth-order valence-corrected chi connectivity index (χ4v) is 2.69. The Balaban J connectivity index is 2.00. The van der Waals surface area contributed by atoms with Crippen molar-refractivity contribution in [2.75, 3.05) is 33.4 Å².